The highest BCUT2D eigenvalue weighted by Gasteiger charge is 2.30. The number of hydrogen-bond acceptors (Lipinski definition) is 4. The van der Waals surface area contributed by atoms with E-state index in [2.05, 4.69) is 51.0 Å². The van der Waals surface area contributed by atoms with E-state index < -0.39 is 0 Å². The molecule has 1 fully saturated rings. The van der Waals surface area contributed by atoms with Gasteiger partial charge < -0.3 is 4.90 Å². The number of aromatic amines is 1. The molecule has 4 nitrogen and oxygen atoms in total. The Kier molecular flexibility index (Phi) is 3.45. The highest BCUT2D eigenvalue weighted by Crippen LogP contribution is 2.38. The molecular weight excluding hydrogens is 276 g/mol. The predicted molar refractivity (Wildman–Crippen MR) is 81.3 cm³/mol. The molecule has 1 aliphatic carbocycles. The second-order valence-corrected chi connectivity index (χ2v) is 6.65. The van der Waals surface area contributed by atoms with E-state index in [0.29, 0.717) is 12.1 Å². The number of aromatic nitrogens is 3. The van der Waals surface area contributed by atoms with Crippen LogP contribution in [-0.2, 0) is 6.54 Å². The lowest BCUT2D eigenvalue weighted by atomic mass is 10.3. The minimum Gasteiger partial charge on any atom is -0.333 e. The molecule has 1 saturated carbocycles. The Morgan fingerprint density at radius 2 is 2.37 bits per heavy atom. The minimum absolute atomic E-state index is 0.393. The maximum Gasteiger partial charge on any atom is 0.226 e. The topological polar surface area (TPSA) is 36.9 Å². The third-order valence-corrected chi connectivity index (χ3v) is 4.53. The molecule has 1 aliphatic rings. The summed E-state index contributed by atoms with van der Waals surface area (Å²) in [7, 11) is 0. The Balaban J connectivity index is 1.94. The maximum absolute atomic E-state index is 5.36. The highest BCUT2D eigenvalue weighted by atomic mass is 32.1. The summed E-state index contributed by atoms with van der Waals surface area (Å²) in [6, 6.07) is 5.20. The lowest BCUT2D eigenvalue weighted by molar-refractivity contribution is 0.621. The van der Waals surface area contributed by atoms with Gasteiger partial charge in [0.2, 0.25) is 5.95 Å². The third kappa shape index (κ3) is 2.60. The zero-order valence-corrected chi connectivity index (χ0v) is 12.8. The monoisotopic (exact) mass is 294 g/mol. The van der Waals surface area contributed by atoms with Gasteiger partial charge in [0.1, 0.15) is 0 Å². The number of nitrogens with one attached hydrogen (secondary N) is 1. The van der Waals surface area contributed by atoms with Crippen molar-refractivity contribution >= 4 is 29.5 Å². The fourth-order valence-corrected chi connectivity index (χ4v) is 3.19. The van der Waals surface area contributed by atoms with Crippen molar-refractivity contribution in [3.05, 3.63) is 27.2 Å². The SMILES string of the molecule is CC(C)N(Cc1cccs1)c1n[nH]c(=S)n1C1CC1. The van der Waals surface area contributed by atoms with Gasteiger partial charge in [-0.3, -0.25) is 4.57 Å². The van der Waals surface area contributed by atoms with Gasteiger partial charge in [-0.15, -0.1) is 16.4 Å². The number of rotatable bonds is 5. The van der Waals surface area contributed by atoms with E-state index in [9.17, 15) is 0 Å². The van der Waals surface area contributed by atoms with Crippen LogP contribution in [0, 0.1) is 4.77 Å². The molecule has 0 aliphatic heterocycles. The van der Waals surface area contributed by atoms with Gasteiger partial charge >= 0.3 is 0 Å². The molecule has 0 saturated heterocycles. The lowest BCUT2D eigenvalue weighted by Crippen LogP contribution is -2.32. The summed E-state index contributed by atoms with van der Waals surface area (Å²) in [6.45, 7) is 5.28. The van der Waals surface area contributed by atoms with Crippen LogP contribution in [0.3, 0.4) is 0 Å². The maximum atomic E-state index is 5.36. The molecule has 2 heterocycles. The van der Waals surface area contributed by atoms with Gasteiger partial charge in [-0.05, 0) is 50.4 Å². The second kappa shape index (κ2) is 5.09. The van der Waals surface area contributed by atoms with E-state index in [-0.39, 0.29) is 0 Å². The van der Waals surface area contributed by atoms with Gasteiger partial charge in [-0.25, -0.2) is 5.10 Å². The molecule has 102 valence electrons. The van der Waals surface area contributed by atoms with E-state index in [1.807, 2.05) is 0 Å². The Morgan fingerprint density at radius 1 is 1.58 bits per heavy atom. The number of anilines is 1. The molecule has 0 amide bonds. The summed E-state index contributed by atoms with van der Waals surface area (Å²) >= 11 is 7.15. The zero-order valence-electron chi connectivity index (χ0n) is 11.2. The van der Waals surface area contributed by atoms with Gasteiger partial charge in [0.05, 0.1) is 6.54 Å². The number of thiophene rings is 1. The van der Waals surface area contributed by atoms with Gasteiger partial charge in [-0.2, -0.15) is 0 Å². The van der Waals surface area contributed by atoms with Crippen LogP contribution in [0.4, 0.5) is 5.95 Å². The molecule has 3 rings (SSSR count). The molecular formula is C13H18N4S2. The van der Waals surface area contributed by atoms with Crippen molar-refractivity contribution in [1.29, 1.82) is 0 Å². The second-order valence-electron chi connectivity index (χ2n) is 5.23. The largest absolute Gasteiger partial charge is 0.333 e. The molecule has 0 unspecified atom stereocenters. The summed E-state index contributed by atoms with van der Waals surface area (Å²) < 4.78 is 2.93. The van der Waals surface area contributed by atoms with Gasteiger partial charge in [0.15, 0.2) is 4.77 Å². The first-order valence-corrected chi connectivity index (χ1v) is 7.91. The van der Waals surface area contributed by atoms with Crippen LogP contribution in [-0.4, -0.2) is 20.8 Å². The minimum atomic E-state index is 0.393. The molecule has 0 atom stereocenters. The van der Waals surface area contributed by atoms with E-state index >= 15 is 0 Å². The number of nitrogens with zero attached hydrogens (tertiary/aromatic N) is 3. The van der Waals surface area contributed by atoms with Crippen molar-refractivity contribution in [3.63, 3.8) is 0 Å². The van der Waals surface area contributed by atoms with E-state index in [1.165, 1.54) is 17.7 Å². The summed E-state index contributed by atoms with van der Waals surface area (Å²) in [5, 5.41) is 9.52. The fraction of sp³-hybridized carbons (Fsp3) is 0.538. The van der Waals surface area contributed by atoms with Crippen molar-refractivity contribution in [1.82, 2.24) is 14.8 Å². The van der Waals surface area contributed by atoms with Crippen molar-refractivity contribution in [2.45, 2.75) is 45.3 Å². The average molecular weight is 294 g/mol. The quantitative estimate of drug-likeness (QED) is 0.853. The summed E-state index contributed by atoms with van der Waals surface area (Å²) in [5.74, 6) is 0.982. The molecule has 0 aromatic carbocycles. The van der Waals surface area contributed by atoms with Crippen molar-refractivity contribution in [2.24, 2.45) is 0 Å². The molecule has 6 heteroatoms. The zero-order chi connectivity index (χ0) is 13.4. The van der Waals surface area contributed by atoms with Crippen molar-refractivity contribution in [2.75, 3.05) is 4.90 Å². The normalized spacial score (nSPS) is 15.1. The summed E-state index contributed by atoms with van der Waals surface area (Å²) in [5.41, 5.74) is 0. The number of hydrogen-bond donors (Lipinski definition) is 1. The molecule has 0 spiro atoms. The van der Waals surface area contributed by atoms with E-state index in [0.717, 1.165) is 17.3 Å². The first-order valence-electron chi connectivity index (χ1n) is 6.62. The van der Waals surface area contributed by atoms with Gasteiger partial charge in [-0.1, -0.05) is 6.07 Å². The predicted octanol–water partition coefficient (Wildman–Crippen LogP) is 3.75. The van der Waals surface area contributed by atoms with E-state index in [1.54, 1.807) is 11.3 Å². The Hall–Kier alpha value is -1.14. The molecule has 2 aromatic rings. The van der Waals surface area contributed by atoms with Gasteiger partial charge in [0.25, 0.3) is 0 Å². The molecule has 19 heavy (non-hydrogen) atoms. The Labute approximate surface area is 122 Å². The van der Waals surface area contributed by atoms with Crippen LogP contribution in [0.15, 0.2) is 17.5 Å². The molecule has 2 aromatic heterocycles. The highest BCUT2D eigenvalue weighted by molar-refractivity contribution is 7.71. The van der Waals surface area contributed by atoms with Crippen LogP contribution in [0.2, 0.25) is 0 Å². The Bertz CT molecular complexity index is 592. The third-order valence-electron chi connectivity index (χ3n) is 3.38. The van der Waals surface area contributed by atoms with Crippen molar-refractivity contribution < 1.29 is 0 Å². The number of H-pyrrole nitrogens is 1. The van der Waals surface area contributed by atoms with E-state index in [4.69, 9.17) is 12.2 Å². The fourth-order valence-electron chi connectivity index (χ4n) is 2.22. The standard InChI is InChI=1S/C13H18N4S2/c1-9(2)16(8-11-4-3-7-19-11)12-14-15-13(18)17(12)10-5-6-10/h3-4,7,9-10H,5-6,8H2,1-2H3,(H,15,18). The van der Waals surface area contributed by atoms with Crippen LogP contribution >= 0.6 is 23.6 Å². The summed E-state index contributed by atoms with van der Waals surface area (Å²) in [4.78, 5) is 3.67. The first-order chi connectivity index (χ1) is 9.16. The summed E-state index contributed by atoms with van der Waals surface area (Å²) in [6.07, 6.45) is 2.43. The van der Waals surface area contributed by atoms with Crippen LogP contribution < -0.4 is 4.90 Å². The lowest BCUT2D eigenvalue weighted by Gasteiger charge is -2.27. The van der Waals surface area contributed by atoms with Crippen molar-refractivity contribution in [3.8, 4) is 0 Å². The average Bonchev–Trinajstić information content (AvgIpc) is 2.93. The van der Waals surface area contributed by atoms with Crippen LogP contribution in [0.1, 0.15) is 37.6 Å². The van der Waals surface area contributed by atoms with Crippen LogP contribution in [0.5, 0.6) is 0 Å². The molecule has 0 radical (unpaired) electrons. The smallest absolute Gasteiger partial charge is 0.226 e. The molecule has 0 bridgehead atoms. The molecule has 1 N–H and O–H groups in total. The Morgan fingerprint density at radius 3 is 2.95 bits per heavy atom. The first kappa shape index (κ1) is 12.9. The van der Waals surface area contributed by atoms with Crippen LogP contribution in [0.25, 0.3) is 0 Å². The van der Waals surface area contributed by atoms with Gasteiger partial charge in [0, 0.05) is 17.0 Å².